The third kappa shape index (κ3) is 2.30. The van der Waals surface area contributed by atoms with Crippen LogP contribution in [0, 0.1) is 6.92 Å². The molecule has 1 aromatic carbocycles. The van der Waals surface area contributed by atoms with Crippen molar-refractivity contribution in [2.45, 2.75) is 6.92 Å². The Morgan fingerprint density at radius 2 is 1.82 bits per heavy atom. The van der Waals surface area contributed by atoms with Crippen molar-refractivity contribution >= 4 is 5.82 Å². The largest absolute Gasteiger partial charge is 0.373 e. The van der Waals surface area contributed by atoms with E-state index in [0.717, 1.165) is 28.3 Å². The highest BCUT2D eigenvalue weighted by atomic mass is 16.1. The topological polar surface area (TPSA) is 51.9 Å². The van der Waals surface area contributed by atoms with Gasteiger partial charge in [0, 0.05) is 37.5 Å². The molecule has 0 spiro atoms. The normalized spacial score (nSPS) is 10.7. The van der Waals surface area contributed by atoms with E-state index in [0.29, 0.717) is 0 Å². The van der Waals surface area contributed by atoms with Gasteiger partial charge in [0.05, 0.1) is 11.4 Å². The van der Waals surface area contributed by atoms with Crippen LogP contribution >= 0.6 is 0 Å². The number of aryl methyl sites for hydroxylation is 1. The molecule has 1 N–H and O–H groups in total. The first kappa shape index (κ1) is 14.1. The molecule has 0 saturated carbocycles. The Hall–Kier alpha value is -2.82. The average Bonchev–Trinajstić information content (AvgIpc) is 2.87. The Morgan fingerprint density at radius 3 is 2.45 bits per heavy atom. The molecule has 0 fully saturated rings. The SMILES string of the molecule is CNc1c(C)c(-c2ccc(=O)n(C)c2)nn1-c1ccccc1. The monoisotopic (exact) mass is 294 g/mol. The molecule has 0 aliphatic rings. The lowest BCUT2D eigenvalue weighted by molar-refractivity contribution is 0.856. The lowest BCUT2D eigenvalue weighted by Crippen LogP contribution is -2.14. The molecule has 0 saturated heterocycles. The highest BCUT2D eigenvalue weighted by Crippen LogP contribution is 2.29. The van der Waals surface area contributed by atoms with Crippen molar-refractivity contribution in [3.05, 3.63) is 64.6 Å². The Bertz CT molecular complexity index is 862. The number of nitrogens with zero attached hydrogens (tertiary/aromatic N) is 3. The minimum Gasteiger partial charge on any atom is -0.373 e. The molecular formula is C17H18N4O. The van der Waals surface area contributed by atoms with Crippen LogP contribution in [0.2, 0.25) is 0 Å². The maximum atomic E-state index is 11.6. The van der Waals surface area contributed by atoms with Gasteiger partial charge in [0.1, 0.15) is 5.82 Å². The molecule has 3 aromatic rings. The molecule has 0 radical (unpaired) electrons. The van der Waals surface area contributed by atoms with Crippen molar-refractivity contribution < 1.29 is 0 Å². The zero-order chi connectivity index (χ0) is 15.7. The molecule has 0 atom stereocenters. The van der Waals surface area contributed by atoms with E-state index in [1.54, 1.807) is 17.7 Å². The van der Waals surface area contributed by atoms with E-state index < -0.39 is 0 Å². The second kappa shape index (κ2) is 5.52. The number of nitrogens with one attached hydrogen (secondary N) is 1. The summed E-state index contributed by atoms with van der Waals surface area (Å²) < 4.78 is 3.45. The quantitative estimate of drug-likeness (QED) is 0.808. The van der Waals surface area contributed by atoms with Crippen LogP contribution in [0.1, 0.15) is 5.56 Å². The Balaban J connectivity index is 2.20. The van der Waals surface area contributed by atoms with Gasteiger partial charge in [-0.05, 0) is 25.1 Å². The summed E-state index contributed by atoms with van der Waals surface area (Å²) in [6, 6.07) is 13.3. The number of para-hydroxylation sites is 1. The van der Waals surface area contributed by atoms with Crippen LogP contribution < -0.4 is 10.9 Å². The lowest BCUT2D eigenvalue weighted by atomic mass is 10.1. The maximum absolute atomic E-state index is 11.6. The number of benzene rings is 1. The molecule has 22 heavy (non-hydrogen) atoms. The van der Waals surface area contributed by atoms with Gasteiger partial charge in [-0.1, -0.05) is 18.2 Å². The molecule has 5 nitrogen and oxygen atoms in total. The summed E-state index contributed by atoms with van der Waals surface area (Å²) in [5.41, 5.74) is 3.79. The highest BCUT2D eigenvalue weighted by molar-refractivity contribution is 5.69. The number of pyridine rings is 1. The second-order valence-corrected chi connectivity index (χ2v) is 5.19. The summed E-state index contributed by atoms with van der Waals surface area (Å²) in [5.74, 6) is 0.940. The van der Waals surface area contributed by atoms with Gasteiger partial charge in [-0.3, -0.25) is 4.79 Å². The Morgan fingerprint density at radius 1 is 1.09 bits per heavy atom. The molecular weight excluding hydrogens is 276 g/mol. The summed E-state index contributed by atoms with van der Waals surface area (Å²) in [6.07, 6.45) is 1.81. The van der Waals surface area contributed by atoms with Gasteiger partial charge in [-0.15, -0.1) is 0 Å². The van der Waals surface area contributed by atoms with Crippen LogP contribution in [0.3, 0.4) is 0 Å². The molecule has 112 valence electrons. The molecule has 0 amide bonds. The van der Waals surface area contributed by atoms with E-state index in [2.05, 4.69) is 5.32 Å². The third-order valence-corrected chi connectivity index (χ3v) is 3.72. The van der Waals surface area contributed by atoms with E-state index in [1.165, 1.54) is 0 Å². The van der Waals surface area contributed by atoms with E-state index in [9.17, 15) is 4.79 Å². The third-order valence-electron chi connectivity index (χ3n) is 3.72. The smallest absolute Gasteiger partial charge is 0.250 e. The summed E-state index contributed by atoms with van der Waals surface area (Å²) in [7, 11) is 3.63. The first-order chi connectivity index (χ1) is 10.6. The fraction of sp³-hybridized carbons (Fsp3) is 0.176. The van der Waals surface area contributed by atoms with Gasteiger partial charge in [0.25, 0.3) is 0 Å². The zero-order valence-corrected chi connectivity index (χ0v) is 12.9. The van der Waals surface area contributed by atoms with Crippen LogP contribution in [0.4, 0.5) is 5.82 Å². The number of hydrogen-bond acceptors (Lipinski definition) is 3. The van der Waals surface area contributed by atoms with Crippen molar-refractivity contribution in [1.29, 1.82) is 0 Å². The number of hydrogen-bond donors (Lipinski definition) is 1. The fourth-order valence-electron chi connectivity index (χ4n) is 2.55. The molecule has 5 heteroatoms. The molecule has 0 bridgehead atoms. The van der Waals surface area contributed by atoms with Crippen molar-refractivity contribution in [3.8, 4) is 16.9 Å². The lowest BCUT2D eigenvalue weighted by Gasteiger charge is -2.06. The predicted molar refractivity (Wildman–Crippen MR) is 88.5 cm³/mol. The van der Waals surface area contributed by atoms with Gasteiger partial charge >= 0.3 is 0 Å². The van der Waals surface area contributed by atoms with Crippen molar-refractivity contribution in [2.75, 3.05) is 12.4 Å². The molecule has 0 unspecified atom stereocenters. The van der Waals surface area contributed by atoms with Crippen LogP contribution in [0.25, 0.3) is 16.9 Å². The minimum atomic E-state index is -0.0299. The van der Waals surface area contributed by atoms with E-state index in [-0.39, 0.29) is 5.56 Å². The van der Waals surface area contributed by atoms with Gasteiger partial charge < -0.3 is 9.88 Å². The van der Waals surface area contributed by atoms with Gasteiger partial charge in [-0.25, -0.2) is 4.68 Å². The Labute approximate surface area is 128 Å². The van der Waals surface area contributed by atoms with Crippen molar-refractivity contribution in [1.82, 2.24) is 14.3 Å². The fourth-order valence-corrected chi connectivity index (χ4v) is 2.55. The summed E-state index contributed by atoms with van der Waals surface area (Å²) in [6.45, 7) is 2.03. The summed E-state index contributed by atoms with van der Waals surface area (Å²) >= 11 is 0. The average molecular weight is 294 g/mol. The van der Waals surface area contributed by atoms with Crippen LogP contribution in [-0.2, 0) is 7.05 Å². The number of aromatic nitrogens is 3. The first-order valence-electron chi connectivity index (χ1n) is 7.11. The van der Waals surface area contributed by atoms with Gasteiger partial charge in [-0.2, -0.15) is 5.10 Å². The first-order valence-corrected chi connectivity index (χ1v) is 7.11. The number of rotatable bonds is 3. The zero-order valence-electron chi connectivity index (χ0n) is 12.9. The van der Waals surface area contributed by atoms with Crippen LogP contribution in [0.15, 0.2) is 53.5 Å². The maximum Gasteiger partial charge on any atom is 0.250 e. The van der Waals surface area contributed by atoms with E-state index in [1.807, 2.05) is 61.2 Å². The molecule has 0 aliphatic carbocycles. The number of anilines is 1. The van der Waals surface area contributed by atoms with Crippen LogP contribution in [-0.4, -0.2) is 21.4 Å². The molecule has 2 aromatic heterocycles. The summed E-state index contributed by atoms with van der Waals surface area (Å²) in [5, 5.41) is 7.94. The second-order valence-electron chi connectivity index (χ2n) is 5.19. The molecule has 3 rings (SSSR count). The molecule has 0 aliphatic heterocycles. The Kier molecular flexibility index (Phi) is 3.55. The minimum absolute atomic E-state index is 0.0299. The van der Waals surface area contributed by atoms with Crippen LogP contribution in [0.5, 0.6) is 0 Å². The van der Waals surface area contributed by atoms with E-state index in [4.69, 9.17) is 5.10 Å². The van der Waals surface area contributed by atoms with E-state index >= 15 is 0 Å². The van der Waals surface area contributed by atoms with Crippen molar-refractivity contribution in [3.63, 3.8) is 0 Å². The van der Waals surface area contributed by atoms with Crippen molar-refractivity contribution in [2.24, 2.45) is 7.05 Å². The molecule has 2 heterocycles. The summed E-state index contributed by atoms with van der Waals surface area (Å²) in [4.78, 5) is 11.6. The standard InChI is InChI=1S/C17H18N4O/c1-12-16(13-9-10-15(22)20(3)11-13)19-21(17(12)18-2)14-7-5-4-6-8-14/h4-11,18H,1-3H3. The predicted octanol–water partition coefficient (Wildman–Crippen LogP) is 2.59. The highest BCUT2D eigenvalue weighted by Gasteiger charge is 2.16. The van der Waals surface area contributed by atoms with Gasteiger partial charge in [0.15, 0.2) is 0 Å². The van der Waals surface area contributed by atoms with Gasteiger partial charge in [0.2, 0.25) is 5.56 Å².